The van der Waals surface area contributed by atoms with Gasteiger partial charge in [-0.3, -0.25) is 0 Å². The number of nitrogens with two attached hydrogens (primary N) is 1. The van der Waals surface area contributed by atoms with Gasteiger partial charge < -0.3 is 15.6 Å². The van der Waals surface area contributed by atoms with Gasteiger partial charge in [0.1, 0.15) is 0 Å². The van der Waals surface area contributed by atoms with E-state index in [2.05, 4.69) is 0 Å². The van der Waals surface area contributed by atoms with Crippen LogP contribution in [-0.2, 0) is 0 Å². The van der Waals surface area contributed by atoms with E-state index in [1.54, 1.807) is 18.2 Å². The van der Waals surface area contributed by atoms with Crippen LogP contribution in [0.25, 0.3) is 11.1 Å². The zero-order chi connectivity index (χ0) is 11.5. The Morgan fingerprint density at radius 1 is 1.06 bits per heavy atom. The standard InChI is InChI=1S/C13H11NO2/c14-12-7-2-1-6-11(12)9-4-3-5-10(8-9)13(15)16/h1-8H,14H2,(H,15,16)/p-1. The first-order valence-corrected chi connectivity index (χ1v) is 4.85. The second-order valence-electron chi connectivity index (χ2n) is 3.46. The van der Waals surface area contributed by atoms with E-state index in [-0.39, 0.29) is 5.56 Å². The number of hydrogen-bond donors (Lipinski definition) is 1. The molecule has 0 heterocycles. The summed E-state index contributed by atoms with van der Waals surface area (Å²) in [5.74, 6) is -1.18. The Labute approximate surface area is 93.1 Å². The largest absolute Gasteiger partial charge is 0.545 e. The third-order valence-electron chi connectivity index (χ3n) is 2.37. The van der Waals surface area contributed by atoms with Crippen LogP contribution in [0.4, 0.5) is 5.69 Å². The molecule has 16 heavy (non-hydrogen) atoms. The molecule has 2 rings (SSSR count). The molecule has 0 radical (unpaired) electrons. The molecule has 0 aliphatic rings. The lowest BCUT2D eigenvalue weighted by molar-refractivity contribution is -0.255. The topological polar surface area (TPSA) is 66.2 Å². The summed E-state index contributed by atoms with van der Waals surface area (Å²) in [4.78, 5) is 10.7. The predicted molar refractivity (Wildman–Crippen MR) is 60.6 cm³/mol. The summed E-state index contributed by atoms with van der Waals surface area (Å²) in [6.07, 6.45) is 0. The molecule has 80 valence electrons. The molecule has 0 atom stereocenters. The lowest BCUT2D eigenvalue weighted by Gasteiger charge is -2.08. The summed E-state index contributed by atoms with van der Waals surface area (Å²) in [7, 11) is 0. The van der Waals surface area contributed by atoms with Crippen molar-refractivity contribution >= 4 is 11.7 Å². The molecular weight excluding hydrogens is 202 g/mol. The van der Waals surface area contributed by atoms with Crippen molar-refractivity contribution in [2.75, 3.05) is 5.73 Å². The molecule has 0 bridgehead atoms. The molecule has 2 N–H and O–H groups in total. The predicted octanol–water partition coefficient (Wildman–Crippen LogP) is 1.30. The highest BCUT2D eigenvalue weighted by Crippen LogP contribution is 2.25. The van der Waals surface area contributed by atoms with Crippen LogP contribution < -0.4 is 10.8 Å². The zero-order valence-corrected chi connectivity index (χ0v) is 8.51. The molecule has 3 nitrogen and oxygen atoms in total. The summed E-state index contributed by atoms with van der Waals surface area (Å²) < 4.78 is 0. The fourth-order valence-electron chi connectivity index (χ4n) is 1.57. The van der Waals surface area contributed by atoms with E-state index in [4.69, 9.17) is 5.73 Å². The molecular formula is C13H10NO2-. The number of hydrogen-bond acceptors (Lipinski definition) is 3. The molecule has 0 saturated carbocycles. The van der Waals surface area contributed by atoms with Crippen LogP contribution >= 0.6 is 0 Å². The van der Waals surface area contributed by atoms with Crippen molar-refractivity contribution in [1.29, 1.82) is 0 Å². The molecule has 3 heteroatoms. The Bertz CT molecular complexity index is 535. The smallest absolute Gasteiger partial charge is 0.0715 e. The van der Waals surface area contributed by atoms with Crippen LogP contribution in [0.1, 0.15) is 10.4 Å². The Hall–Kier alpha value is -2.29. The summed E-state index contributed by atoms with van der Waals surface area (Å²) >= 11 is 0. The van der Waals surface area contributed by atoms with Gasteiger partial charge in [0.15, 0.2) is 0 Å². The number of carbonyl (C=O) groups is 1. The van der Waals surface area contributed by atoms with Crippen molar-refractivity contribution in [2.24, 2.45) is 0 Å². The van der Waals surface area contributed by atoms with E-state index in [1.807, 2.05) is 24.3 Å². The van der Waals surface area contributed by atoms with E-state index in [9.17, 15) is 9.90 Å². The molecule has 0 aliphatic heterocycles. The number of para-hydroxylation sites is 1. The minimum absolute atomic E-state index is 0.153. The summed E-state index contributed by atoms with van der Waals surface area (Å²) in [6.45, 7) is 0. The van der Waals surface area contributed by atoms with Crippen molar-refractivity contribution in [3.8, 4) is 11.1 Å². The van der Waals surface area contributed by atoms with E-state index in [0.717, 1.165) is 11.1 Å². The number of aromatic carboxylic acids is 1. The summed E-state index contributed by atoms with van der Waals surface area (Å²) in [6, 6.07) is 13.9. The Kier molecular flexibility index (Phi) is 2.60. The molecule has 0 spiro atoms. The maximum absolute atomic E-state index is 10.7. The number of carbonyl (C=O) groups excluding carboxylic acids is 1. The Balaban J connectivity index is 2.53. The highest BCUT2D eigenvalue weighted by atomic mass is 16.4. The molecule has 0 saturated heterocycles. The Morgan fingerprint density at radius 2 is 1.81 bits per heavy atom. The molecule has 2 aromatic rings. The second kappa shape index (κ2) is 4.06. The van der Waals surface area contributed by atoms with Gasteiger partial charge in [0, 0.05) is 11.3 Å². The van der Waals surface area contributed by atoms with Gasteiger partial charge in [-0.2, -0.15) is 0 Å². The monoisotopic (exact) mass is 212 g/mol. The van der Waals surface area contributed by atoms with Crippen LogP contribution in [0, 0.1) is 0 Å². The van der Waals surface area contributed by atoms with Crippen LogP contribution in [0.15, 0.2) is 48.5 Å². The number of benzene rings is 2. The first-order chi connectivity index (χ1) is 7.68. The van der Waals surface area contributed by atoms with Crippen LogP contribution in [0.5, 0.6) is 0 Å². The minimum atomic E-state index is -1.18. The average Bonchev–Trinajstić information content (AvgIpc) is 2.30. The van der Waals surface area contributed by atoms with Crippen molar-refractivity contribution in [3.63, 3.8) is 0 Å². The molecule has 0 aliphatic carbocycles. The van der Waals surface area contributed by atoms with Crippen LogP contribution in [-0.4, -0.2) is 5.97 Å². The second-order valence-corrected chi connectivity index (χ2v) is 3.46. The molecule has 0 unspecified atom stereocenters. The highest BCUT2D eigenvalue weighted by Gasteiger charge is 2.02. The highest BCUT2D eigenvalue weighted by molar-refractivity contribution is 5.88. The lowest BCUT2D eigenvalue weighted by Crippen LogP contribution is -2.22. The van der Waals surface area contributed by atoms with Gasteiger partial charge in [0.05, 0.1) is 5.97 Å². The molecule has 0 amide bonds. The van der Waals surface area contributed by atoms with E-state index in [0.29, 0.717) is 5.69 Å². The van der Waals surface area contributed by atoms with Crippen molar-refractivity contribution in [3.05, 3.63) is 54.1 Å². The van der Waals surface area contributed by atoms with Gasteiger partial charge in [-0.15, -0.1) is 0 Å². The van der Waals surface area contributed by atoms with Gasteiger partial charge in [-0.05, 0) is 23.3 Å². The van der Waals surface area contributed by atoms with E-state index in [1.165, 1.54) is 6.07 Å². The minimum Gasteiger partial charge on any atom is -0.545 e. The van der Waals surface area contributed by atoms with Gasteiger partial charge in [0.2, 0.25) is 0 Å². The average molecular weight is 212 g/mol. The number of carboxylic acids is 1. The maximum atomic E-state index is 10.7. The SMILES string of the molecule is Nc1ccccc1-c1cccc(C(=O)[O-])c1. The third-order valence-corrected chi connectivity index (χ3v) is 2.37. The van der Waals surface area contributed by atoms with Gasteiger partial charge in [-0.25, -0.2) is 0 Å². The van der Waals surface area contributed by atoms with Gasteiger partial charge in [0.25, 0.3) is 0 Å². The van der Waals surface area contributed by atoms with Crippen molar-refractivity contribution in [2.45, 2.75) is 0 Å². The zero-order valence-electron chi connectivity index (χ0n) is 8.51. The first-order valence-electron chi connectivity index (χ1n) is 4.85. The molecule has 0 fully saturated rings. The lowest BCUT2D eigenvalue weighted by atomic mass is 10.0. The number of nitrogen functional groups attached to an aromatic ring is 1. The van der Waals surface area contributed by atoms with Crippen LogP contribution in [0.2, 0.25) is 0 Å². The number of anilines is 1. The maximum Gasteiger partial charge on any atom is 0.0715 e. The van der Waals surface area contributed by atoms with Gasteiger partial charge >= 0.3 is 0 Å². The first kappa shape index (κ1) is 10.2. The third kappa shape index (κ3) is 1.88. The molecule has 2 aromatic carbocycles. The fraction of sp³-hybridized carbons (Fsp3) is 0. The molecule has 0 aromatic heterocycles. The van der Waals surface area contributed by atoms with Crippen molar-refractivity contribution in [1.82, 2.24) is 0 Å². The Morgan fingerprint density at radius 3 is 2.50 bits per heavy atom. The fourth-order valence-corrected chi connectivity index (χ4v) is 1.57. The number of carboxylic acid groups (broad SMARTS) is 1. The quantitative estimate of drug-likeness (QED) is 0.763. The summed E-state index contributed by atoms with van der Waals surface area (Å²) in [5.41, 5.74) is 8.19. The van der Waals surface area contributed by atoms with E-state index >= 15 is 0 Å². The van der Waals surface area contributed by atoms with Crippen molar-refractivity contribution < 1.29 is 9.90 Å². The number of rotatable bonds is 2. The summed E-state index contributed by atoms with van der Waals surface area (Å²) in [5, 5.41) is 10.7. The van der Waals surface area contributed by atoms with Crippen LogP contribution in [0.3, 0.4) is 0 Å². The van der Waals surface area contributed by atoms with E-state index < -0.39 is 5.97 Å². The van der Waals surface area contributed by atoms with Gasteiger partial charge in [-0.1, -0.05) is 36.4 Å². The normalized spacial score (nSPS) is 10.0.